The van der Waals surface area contributed by atoms with Crippen LogP contribution >= 0.6 is 0 Å². The summed E-state index contributed by atoms with van der Waals surface area (Å²) in [6.45, 7) is 3.52. The Labute approximate surface area is 172 Å². The number of anilines is 1. The third-order valence-corrected chi connectivity index (χ3v) is 3.79. The van der Waals surface area contributed by atoms with E-state index < -0.39 is 29.1 Å². The molecule has 0 unspecified atom stereocenters. The second kappa shape index (κ2) is 10.6. The molecule has 160 valence electrons. The highest BCUT2D eigenvalue weighted by atomic mass is 16.6. The lowest BCUT2D eigenvalue weighted by molar-refractivity contribution is -0.385. The SMILES string of the molecule is CCOc1ccccc1NC(=O)COC(=O)c1cc(OC)c(OCC)cc1[N+](=O)[O-]. The normalized spacial score (nSPS) is 10.1. The minimum absolute atomic E-state index is 0.119. The fourth-order valence-corrected chi connectivity index (χ4v) is 2.54. The highest BCUT2D eigenvalue weighted by Crippen LogP contribution is 2.35. The number of hydrogen-bond acceptors (Lipinski definition) is 8. The van der Waals surface area contributed by atoms with Crippen LogP contribution in [-0.4, -0.2) is 43.7 Å². The van der Waals surface area contributed by atoms with Gasteiger partial charge in [-0.15, -0.1) is 0 Å². The first-order valence-electron chi connectivity index (χ1n) is 9.09. The van der Waals surface area contributed by atoms with Crippen molar-refractivity contribution < 1.29 is 33.5 Å². The zero-order valence-corrected chi connectivity index (χ0v) is 16.8. The predicted octanol–water partition coefficient (Wildman–Crippen LogP) is 3.20. The van der Waals surface area contributed by atoms with E-state index in [1.54, 1.807) is 38.1 Å². The Morgan fingerprint density at radius 3 is 2.33 bits per heavy atom. The molecular weight excluding hydrogens is 396 g/mol. The van der Waals surface area contributed by atoms with Crippen molar-refractivity contribution in [2.45, 2.75) is 13.8 Å². The van der Waals surface area contributed by atoms with Gasteiger partial charge in [-0.2, -0.15) is 0 Å². The van der Waals surface area contributed by atoms with Gasteiger partial charge in [0.2, 0.25) is 0 Å². The minimum Gasteiger partial charge on any atom is -0.493 e. The van der Waals surface area contributed by atoms with E-state index in [9.17, 15) is 19.7 Å². The molecule has 0 heterocycles. The van der Waals surface area contributed by atoms with Crippen LogP contribution in [0.5, 0.6) is 17.2 Å². The molecule has 0 spiro atoms. The number of benzene rings is 2. The van der Waals surface area contributed by atoms with Crippen molar-refractivity contribution in [3.05, 3.63) is 52.1 Å². The second-order valence-corrected chi connectivity index (χ2v) is 5.76. The standard InChI is InChI=1S/C20H22N2O8/c1-4-28-16-9-7-6-8-14(16)21-19(23)12-30-20(24)13-10-17(27-3)18(29-5-2)11-15(13)22(25)26/h6-11H,4-5,12H2,1-3H3,(H,21,23). The monoisotopic (exact) mass is 418 g/mol. The topological polar surface area (TPSA) is 126 Å². The number of nitrogens with one attached hydrogen (secondary N) is 1. The van der Waals surface area contributed by atoms with Gasteiger partial charge in [0.1, 0.15) is 11.3 Å². The molecule has 0 atom stereocenters. The van der Waals surface area contributed by atoms with E-state index in [0.29, 0.717) is 18.0 Å². The van der Waals surface area contributed by atoms with Crippen molar-refractivity contribution in [1.29, 1.82) is 0 Å². The Bertz CT molecular complexity index is 929. The molecule has 10 heteroatoms. The van der Waals surface area contributed by atoms with Crippen LogP contribution in [0.3, 0.4) is 0 Å². The summed E-state index contributed by atoms with van der Waals surface area (Å²) in [4.78, 5) is 35.2. The molecule has 0 fully saturated rings. The molecule has 2 aromatic rings. The number of hydrogen-bond donors (Lipinski definition) is 1. The van der Waals surface area contributed by atoms with Crippen LogP contribution in [0.1, 0.15) is 24.2 Å². The largest absolute Gasteiger partial charge is 0.493 e. The first-order chi connectivity index (χ1) is 14.4. The lowest BCUT2D eigenvalue weighted by Gasteiger charge is -2.12. The number of ether oxygens (including phenoxy) is 4. The molecule has 0 saturated carbocycles. The van der Waals surface area contributed by atoms with Gasteiger partial charge in [-0.25, -0.2) is 4.79 Å². The minimum atomic E-state index is -1.05. The van der Waals surface area contributed by atoms with Crippen LogP contribution in [0.2, 0.25) is 0 Å². The van der Waals surface area contributed by atoms with Gasteiger partial charge in [0.05, 0.1) is 37.0 Å². The number of carbonyl (C=O) groups is 2. The fourth-order valence-electron chi connectivity index (χ4n) is 2.54. The summed E-state index contributed by atoms with van der Waals surface area (Å²) in [5.74, 6) is -0.961. The van der Waals surface area contributed by atoms with Crippen molar-refractivity contribution in [3.63, 3.8) is 0 Å². The van der Waals surface area contributed by atoms with Gasteiger partial charge < -0.3 is 24.3 Å². The van der Waals surface area contributed by atoms with E-state index in [4.69, 9.17) is 18.9 Å². The highest BCUT2D eigenvalue weighted by molar-refractivity contribution is 5.98. The van der Waals surface area contributed by atoms with Gasteiger partial charge in [-0.05, 0) is 26.0 Å². The van der Waals surface area contributed by atoms with Crippen LogP contribution in [0.15, 0.2) is 36.4 Å². The maximum Gasteiger partial charge on any atom is 0.345 e. The van der Waals surface area contributed by atoms with E-state index >= 15 is 0 Å². The van der Waals surface area contributed by atoms with Crippen LogP contribution in [0, 0.1) is 10.1 Å². The Morgan fingerprint density at radius 2 is 1.70 bits per heavy atom. The molecular formula is C20H22N2O8. The van der Waals surface area contributed by atoms with Gasteiger partial charge in [0.25, 0.3) is 11.6 Å². The number of amides is 1. The molecule has 2 rings (SSSR count). The summed E-state index contributed by atoms with van der Waals surface area (Å²) in [7, 11) is 1.34. The maximum absolute atomic E-state index is 12.4. The molecule has 30 heavy (non-hydrogen) atoms. The van der Waals surface area contributed by atoms with E-state index in [1.807, 2.05) is 0 Å². The van der Waals surface area contributed by atoms with Gasteiger partial charge in [0, 0.05) is 6.07 Å². The zero-order chi connectivity index (χ0) is 22.1. The quantitative estimate of drug-likeness (QED) is 0.354. The molecule has 0 saturated heterocycles. The van der Waals surface area contributed by atoms with Crippen LogP contribution in [0.4, 0.5) is 11.4 Å². The first-order valence-corrected chi connectivity index (χ1v) is 9.09. The number of carbonyl (C=O) groups excluding carboxylic acids is 2. The molecule has 1 N–H and O–H groups in total. The summed E-state index contributed by atoms with van der Waals surface area (Å²) in [5, 5.41) is 13.9. The zero-order valence-electron chi connectivity index (χ0n) is 16.8. The van der Waals surface area contributed by atoms with Crippen LogP contribution in [-0.2, 0) is 9.53 Å². The van der Waals surface area contributed by atoms with Crippen LogP contribution < -0.4 is 19.5 Å². The average molecular weight is 418 g/mol. The number of para-hydroxylation sites is 2. The van der Waals surface area contributed by atoms with E-state index in [2.05, 4.69) is 5.32 Å². The lowest BCUT2D eigenvalue weighted by atomic mass is 10.1. The summed E-state index contributed by atoms with van der Waals surface area (Å²) in [6, 6.07) is 9.00. The predicted molar refractivity (Wildman–Crippen MR) is 107 cm³/mol. The van der Waals surface area contributed by atoms with Crippen molar-refractivity contribution in [3.8, 4) is 17.2 Å². The van der Waals surface area contributed by atoms with Crippen molar-refractivity contribution in [1.82, 2.24) is 0 Å². The number of nitro benzene ring substituents is 1. The molecule has 1 amide bonds. The Balaban J connectivity index is 2.14. The Morgan fingerprint density at radius 1 is 1.03 bits per heavy atom. The molecule has 2 aromatic carbocycles. The second-order valence-electron chi connectivity index (χ2n) is 5.76. The van der Waals surface area contributed by atoms with Gasteiger partial charge in [-0.3, -0.25) is 14.9 Å². The Kier molecular flexibility index (Phi) is 7.98. The number of nitrogens with zero attached hydrogens (tertiary/aromatic N) is 1. The molecule has 10 nitrogen and oxygen atoms in total. The number of esters is 1. The van der Waals surface area contributed by atoms with E-state index in [-0.39, 0.29) is 23.7 Å². The summed E-state index contributed by atoms with van der Waals surface area (Å²) in [5.41, 5.74) is -0.469. The smallest absolute Gasteiger partial charge is 0.345 e. The van der Waals surface area contributed by atoms with Gasteiger partial charge in [0.15, 0.2) is 18.1 Å². The average Bonchev–Trinajstić information content (AvgIpc) is 2.73. The molecule has 0 aliphatic rings. The summed E-state index contributed by atoms with van der Waals surface area (Å²) < 4.78 is 20.8. The molecule has 0 aliphatic carbocycles. The van der Waals surface area contributed by atoms with Gasteiger partial charge >= 0.3 is 5.97 Å². The number of rotatable bonds is 10. The van der Waals surface area contributed by atoms with Crippen molar-refractivity contribution >= 4 is 23.3 Å². The van der Waals surface area contributed by atoms with Gasteiger partial charge in [-0.1, -0.05) is 12.1 Å². The molecule has 0 radical (unpaired) electrons. The summed E-state index contributed by atoms with van der Waals surface area (Å²) in [6.07, 6.45) is 0. The maximum atomic E-state index is 12.4. The van der Waals surface area contributed by atoms with Crippen LogP contribution in [0.25, 0.3) is 0 Å². The van der Waals surface area contributed by atoms with E-state index in [0.717, 1.165) is 12.1 Å². The summed E-state index contributed by atoms with van der Waals surface area (Å²) >= 11 is 0. The lowest BCUT2D eigenvalue weighted by Crippen LogP contribution is -2.21. The molecule has 0 bridgehead atoms. The third kappa shape index (κ3) is 5.60. The molecule has 0 aromatic heterocycles. The highest BCUT2D eigenvalue weighted by Gasteiger charge is 2.26. The van der Waals surface area contributed by atoms with Crippen molar-refractivity contribution in [2.24, 2.45) is 0 Å². The molecule has 0 aliphatic heterocycles. The fraction of sp³-hybridized carbons (Fsp3) is 0.300. The number of nitro groups is 1. The third-order valence-electron chi connectivity index (χ3n) is 3.79. The number of methoxy groups -OCH3 is 1. The van der Waals surface area contributed by atoms with E-state index in [1.165, 1.54) is 7.11 Å². The van der Waals surface area contributed by atoms with Crippen molar-refractivity contribution in [2.75, 3.05) is 32.2 Å². The first kappa shape index (κ1) is 22.5. The Hall–Kier alpha value is -3.82.